The minimum atomic E-state index is -0.290. The Labute approximate surface area is 186 Å². The molecule has 31 heavy (non-hydrogen) atoms. The number of hydrogen-bond donors (Lipinski definition) is 0. The van der Waals surface area contributed by atoms with Gasteiger partial charge in [0.2, 0.25) is 0 Å². The van der Waals surface area contributed by atoms with Crippen LogP contribution in [0.25, 0.3) is 11.1 Å². The summed E-state index contributed by atoms with van der Waals surface area (Å²) in [5.41, 5.74) is 13.6. The van der Waals surface area contributed by atoms with Crippen molar-refractivity contribution in [2.75, 3.05) is 0 Å². The predicted molar refractivity (Wildman–Crippen MR) is 132 cm³/mol. The van der Waals surface area contributed by atoms with Crippen LogP contribution in [0.1, 0.15) is 58.4 Å². The largest absolute Gasteiger partial charge is 0.0719 e. The summed E-state index contributed by atoms with van der Waals surface area (Å²) in [5.74, 6) is 0. The molecule has 4 aromatic carbocycles. The number of fused-ring (bicyclic) bond motifs is 3. The summed E-state index contributed by atoms with van der Waals surface area (Å²) in [6, 6.07) is 32.2. The lowest BCUT2D eigenvalue weighted by Crippen LogP contribution is -2.31. The number of benzene rings is 4. The summed E-state index contributed by atoms with van der Waals surface area (Å²) in [6.07, 6.45) is 2.04. The van der Waals surface area contributed by atoms with Crippen LogP contribution in [-0.4, -0.2) is 0 Å². The topological polar surface area (TPSA) is 0 Å². The van der Waals surface area contributed by atoms with E-state index >= 15 is 0 Å². The number of aryl methyl sites for hydroxylation is 4. The van der Waals surface area contributed by atoms with Crippen molar-refractivity contribution in [1.82, 2.24) is 0 Å². The van der Waals surface area contributed by atoms with Crippen molar-refractivity contribution in [2.24, 2.45) is 0 Å². The molecule has 1 aliphatic rings. The molecule has 1 aliphatic carbocycles. The van der Waals surface area contributed by atoms with Gasteiger partial charge in [-0.25, -0.2) is 0 Å². The monoisotopic (exact) mass is 402 g/mol. The van der Waals surface area contributed by atoms with Crippen molar-refractivity contribution in [3.63, 3.8) is 0 Å². The van der Waals surface area contributed by atoms with Crippen LogP contribution >= 0.6 is 0 Å². The molecule has 0 aliphatic heterocycles. The van der Waals surface area contributed by atoms with Crippen LogP contribution in [0.4, 0.5) is 0 Å². The van der Waals surface area contributed by atoms with Crippen molar-refractivity contribution < 1.29 is 0 Å². The fourth-order valence-electron chi connectivity index (χ4n) is 5.67. The molecule has 0 nitrogen and oxygen atoms in total. The summed E-state index contributed by atoms with van der Waals surface area (Å²) >= 11 is 0. The molecule has 0 heteroatoms. The van der Waals surface area contributed by atoms with Gasteiger partial charge in [-0.2, -0.15) is 0 Å². The third-order valence-electron chi connectivity index (χ3n) is 7.05. The first-order valence-electron chi connectivity index (χ1n) is 11.5. The van der Waals surface area contributed by atoms with E-state index in [-0.39, 0.29) is 5.41 Å². The molecular formula is C31H30. The van der Waals surface area contributed by atoms with Crippen molar-refractivity contribution in [1.29, 1.82) is 0 Å². The lowest BCUT2D eigenvalue weighted by Gasteiger charge is -2.37. The lowest BCUT2D eigenvalue weighted by atomic mass is 9.64. The third kappa shape index (κ3) is 2.82. The van der Waals surface area contributed by atoms with E-state index in [0.29, 0.717) is 0 Å². The smallest absolute Gasteiger partial charge is 0.0620 e. The Morgan fingerprint density at radius 1 is 0.516 bits per heavy atom. The Kier molecular flexibility index (Phi) is 4.82. The highest BCUT2D eigenvalue weighted by Gasteiger charge is 2.47. The normalized spacial score (nSPS) is 13.7. The highest BCUT2D eigenvalue weighted by Crippen LogP contribution is 2.57. The van der Waals surface area contributed by atoms with E-state index in [1.165, 1.54) is 55.6 Å². The van der Waals surface area contributed by atoms with E-state index in [2.05, 4.69) is 113 Å². The van der Waals surface area contributed by atoms with Gasteiger partial charge in [-0.05, 0) is 71.2 Å². The average molecular weight is 403 g/mol. The van der Waals surface area contributed by atoms with Gasteiger partial charge in [-0.1, -0.05) is 110 Å². The van der Waals surface area contributed by atoms with Gasteiger partial charge in [0.1, 0.15) is 0 Å². The maximum Gasteiger partial charge on any atom is 0.0719 e. The quantitative estimate of drug-likeness (QED) is 0.288. The van der Waals surface area contributed by atoms with Gasteiger partial charge in [0.15, 0.2) is 0 Å². The van der Waals surface area contributed by atoms with E-state index < -0.39 is 0 Å². The molecule has 0 N–H and O–H groups in total. The Hall–Kier alpha value is -3.12. The maximum absolute atomic E-state index is 2.43. The molecule has 0 amide bonds. The fourth-order valence-corrected chi connectivity index (χ4v) is 5.67. The first-order chi connectivity index (χ1) is 15.1. The minimum Gasteiger partial charge on any atom is -0.0620 e. The number of rotatable bonds is 4. The van der Waals surface area contributed by atoms with Crippen molar-refractivity contribution >= 4 is 0 Å². The summed E-state index contributed by atoms with van der Waals surface area (Å²) in [5, 5.41) is 0. The summed E-state index contributed by atoms with van der Waals surface area (Å²) in [7, 11) is 0. The van der Waals surface area contributed by atoms with Crippen molar-refractivity contribution in [3.8, 4) is 11.1 Å². The van der Waals surface area contributed by atoms with Crippen molar-refractivity contribution in [2.45, 2.75) is 46.0 Å². The van der Waals surface area contributed by atoms with Gasteiger partial charge in [0, 0.05) is 0 Å². The second-order valence-corrected chi connectivity index (χ2v) is 8.87. The summed E-state index contributed by atoms with van der Waals surface area (Å²) in [6.45, 7) is 9.00. The van der Waals surface area contributed by atoms with Crippen LogP contribution in [0.15, 0.2) is 84.9 Å². The third-order valence-corrected chi connectivity index (χ3v) is 7.05. The molecule has 0 aromatic heterocycles. The Morgan fingerprint density at radius 3 is 1.35 bits per heavy atom. The van der Waals surface area contributed by atoms with Gasteiger partial charge in [0.05, 0.1) is 5.41 Å². The molecule has 4 aromatic rings. The van der Waals surface area contributed by atoms with Gasteiger partial charge in [-0.15, -0.1) is 0 Å². The van der Waals surface area contributed by atoms with E-state index in [1.807, 2.05) is 0 Å². The molecule has 0 spiro atoms. The zero-order valence-corrected chi connectivity index (χ0v) is 19.0. The molecule has 154 valence electrons. The second kappa shape index (κ2) is 7.54. The summed E-state index contributed by atoms with van der Waals surface area (Å²) in [4.78, 5) is 0. The standard InChI is InChI=1S/C31H30/c1-5-23-11-7-9-13-27(23)31(28-14-10-8-12-24(28)6-2)29-19-21(3)15-17-25(29)26-18-16-22(4)20-30(26)31/h7-20H,5-6H2,1-4H3. The van der Waals surface area contributed by atoms with Crippen LogP contribution in [0.5, 0.6) is 0 Å². The average Bonchev–Trinajstić information content (AvgIpc) is 3.08. The molecule has 0 radical (unpaired) electrons. The highest BCUT2D eigenvalue weighted by molar-refractivity contribution is 5.87. The first-order valence-corrected chi connectivity index (χ1v) is 11.5. The zero-order valence-electron chi connectivity index (χ0n) is 19.0. The van der Waals surface area contributed by atoms with E-state index in [9.17, 15) is 0 Å². The number of hydrogen-bond acceptors (Lipinski definition) is 0. The second-order valence-electron chi connectivity index (χ2n) is 8.87. The van der Waals surface area contributed by atoms with Gasteiger partial charge in [-0.3, -0.25) is 0 Å². The Bertz CT molecular complexity index is 1170. The van der Waals surface area contributed by atoms with Crippen LogP contribution in [0, 0.1) is 13.8 Å². The highest BCUT2D eigenvalue weighted by atomic mass is 14.5. The fraction of sp³-hybridized carbons (Fsp3) is 0.226. The van der Waals surface area contributed by atoms with Crippen LogP contribution in [0.3, 0.4) is 0 Å². The molecule has 5 rings (SSSR count). The SMILES string of the molecule is CCc1ccccc1C1(c2ccccc2CC)c2cc(C)ccc2-c2ccc(C)cc21. The van der Waals surface area contributed by atoms with Crippen LogP contribution < -0.4 is 0 Å². The lowest BCUT2D eigenvalue weighted by molar-refractivity contribution is 0.740. The van der Waals surface area contributed by atoms with Crippen LogP contribution in [0.2, 0.25) is 0 Å². The molecule has 0 saturated carbocycles. The Balaban J connectivity index is 2.04. The Morgan fingerprint density at radius 2 is 0.935 bits per heavy atom. The van der Waals surface area contributed by atoms with Crippen LogP contribution in [-0.2, 0) is 18.3 Å². The molecule has 0 heterocycles. The van der Waals surface area contributed by atoms with Crippen molar-refractivity contribution in [3.05, 3.63) is 129 Å². The van der Waals surface area contributed by atoms with E-state index in [4.69, 9.17) is 0 Å². The van der Waals surface area contributed by atoms with Gasteiger partial charge < -0.3 is 0 Å². The molecule has 0 unspecified atom stereocenters. The van der Waals surface area contributed by atoms with Gasteiger partial charge >= 0.3 is 0 Å². The first kappa shape index (κ1) is 19.8. The molecule has 0 bridgehead atoms. The minimum absolute atomic E-state index is 0.290. The van der Waals surface area contributed by atoms with E-state index in [1.54, 1.807) is 0 Å². The van der Waals surface area contributed by atoms with E-state index in [0.717, 1.165) is 12.8 Å². The maximum atomic E-state index is 2.43. The molecule has 0 fully saturated rings. The molecular weight excluding hydrogens is 372 g/mol. The predicted octanol–water partition coefficient (Wildman–Crippen LogP) is 7.79. The zero-order chi connectivity index (χ0) is 21.6. The van der Waals surface area contributed by atoms with Gasteiger partial charge in [0.25, 0.3) is 0 Å². The molecule has 0 atom stereocenters. The summed E-state index contributed by atoms with van der Waals surface area (Å²) < 4.78 is 0. The molecule has 0 saturated heterocycles.